The maximum atomic E-state index is 9.42. The molecule has 6 heteroatoms. The van der Waals surface area contributed by atoms with E-state index in [4.69, 9.17) is 9.15 Å². The number of nitrogens with zero attached hydrogens (tertiary/aromatic N) is 2. The normalized spacial score (nSPS) is 15.5. The van der Waals surface area contributed by atoms with Gasteiger partial charge in [-0.05, 0) is 39.7 Å². The van der Waals surface area contributed by atoms with Crippen molar-refractivity contribution in [2.45, 2.75) is 0 Å². The lowest BCUT2D eigenvalue weighted by Gasteiger charge is -2.26. The molecule has 0 amide bonds. The van der Waals surface area contributed by atoms with Crippen molar-refractivity contribution >= 4 is 49.4 Å². The van der Waals surface area contributed by atoms with Gasteiger partial charge in [-0.3, -0.25) is 0 Å². The summed E-state index contributed by atoms with van der Waals surface area (Å²) < 4.78 is 13.1. The second kappa shape index (κ2) is 7.35. The zero-order valence-electron chi connectivity index (χ0n) is 12.3. The summed E-state index contributed by atoms with van der Waals surface area (Å²) in [7, 11) is 0. The standard InChI is InChI=1S/C17H14Br2N2O2/c18-14-3-1-12(2-4-14)13(11-20)9-15-10-16(19)17(23-15)21-5-7-22-8-6-21/h1-4,9-10H,5-8H2/b13-9-. The number of morpholine rings is 1. The van der Waals surface area contributed by atoms with Gasteiger partial charge in [-0.1, -0.05) is 28.1 Å². The van der Waals surface area contributed by atoms with E-state index >= 15 is 0 Å². The van der Waals surface area contributed by atoms with Gasteiger partial charge in [0.05, 0.1) is 29.3 Å². The Bertz CT molecular complexity index is 754. The van der Waals surface area contributed by atoms with E-state index in [-0.39, 0.29) is 0 Å². The molecule has 1 aromatic carbocycles. The summed E-state index contributed by atoms with van der Waals surface area (Å²) >= 11 is 6.93. The highest BCUT2D eigenvalue weighted by molar-refractivity contribution is 9.10. The largest absolute Gasteiger partial charge is 0.440 e. The molecule has 0 aliphatic carbocycles. The highest BCUT2D eigenvalue weighted by atomic mass is 79.9. The quantitative estimate of drug-likeness (QED) is 0.652. The van der Waals surface area contributed by atoms with Gasteiger partial charge in [0.15, 0.2) is 0 Å². The number of halogens is 2. The first kappa shape index (κ1) is 16.3. The Morgan fingerprint density at radius 1 is 1.17 bits per heavy atom. The Morgan fingerprint density at radius 2 is 1.87 bits per heavy atom. The highest BCUT2D eigenvalue weighted by Crippen LogP contribution is 2.32. The van der Waals surface area contributed by atoms with Crippen molar-refractivity contribution in [1.82, 2.24) is 0 Å². The van der Waals surface area contributed by atoms with Gasteiger partial charge in [0.2, 0.25) is 5.88 Å². The number of furan rings is 1. The van der Waals surface area contributed by atoms with Crippen LogP contribution >= 0.6 is 31.9 Å². The molecule has 2 aromatic rings. The van der Waals surface area contributed by atoms with E-state index in [0.29, 0.717) is 24.5 Å². The molecular weight excluding hydrogens is 424 g/mol. The number of allylic oxidation sites excluding steroid dienone is 1. The first-order valence-corrected chi connectivity index (χ1v) is 8.76. The maximum absolute atomic E-state index is 9.42. The number of ether oxygens (including phenoxy) is 1. The zero-order chi connectivity index (χ0) is 16.2. The Morgan fingerprint density at radius 3 is 2.52 bits per heavy atom. The van der Waals surface area contributed by atoms with Gasteiger partial charge < -0.3 is 14.1 Å². The molecule has 0 saturated carbocycles. The van der Waals surface area contributed by atoms with Crippen LogP contribution < -0.4 is 4.90 Å². The fourth-order valence-corrected chi connectivity index (χ4v) is 3.20. The molecule has 0 bridgehead atoms. The van der Waals surface area contributed by atoms with Crippen molar-refractivity contribution in [3.8, 4) is 6.07 Å². The molecule has 2 heterocycles. The maximum Gasteiger partial charge on any atom is 0.210 e. The lowest BCUT2D eigenvalue weighted by molar-refractivity contribution is 0.120. The topological polar surface area (TPSA) is 49.4 Å². The van der Waals surface area contributed by atoms with Crippen molar-refractivity contribution in [2.24, 2.45) is 0 Å². The van der Waals surface area contributed by atoms with Crippen molar-refractivity contribution in [3.63, 3.8) is 0 Å². The van der Waals surface area contributed by atoms with Crippen LogP contribution in [0.5, 0.6) is 0 Å². The van der Waals surface area contributed by atoms with Gasteiger partial charge in [0, 0.05) is 23.6 Å². The number of benzene rings is 1. The zero-order valence-corrected chi connectivity index (χ0v) is 15.4. The van der Waals surface area contributed by atoms with E-state index < -0.39 is 0 Å². The summed E-state index contributed by atoms with van der Waals surface area (Å²) in [6.07, 6.45) is 1.76. The molecule has 23 heavy (non-hydrogen) atoms. The van der Waals surface area contributed by atoms with Crippen LogP contribution in [0.15, 0.2) is 43.7 Å². The highest BCUT2D eigenvalue weighted by Gasteiger charge is 2.18. The van der Waals surface area contributed by atoms with Gasteiger partial charge in [-0.25, -0.2) is 0 Å². The van der Waals surface area contributed by atoms with E-state index in [1.807, 2.05) is 30.3 Å². The van der Waals surface area contributed by atoms with Gasteiger partial charge >= 0.3 is 0 Å². The van der Waals surface area contributed by atoms with Crippen molar-refractivity contribution in [3.05, 3.63) is 50.6 Å². The van der Waals surface area contributed by atoms with E-state index in [1.165, 1.54) is 0 Å². The average molecular weight is 438 g/mol. The minimum absolute atomic E-state index is 0.562. The van der Waals surface area contributed by atoms with E-state index in [1.54, 1.807) is 6.08 Å². The lowest BCUT2D eigenvalue weighted by atomic mass is 10.1. The fourth-order valence-electron chi connectivity index (χ4n) is 2.38. The molecule has 1 aromatic heterocycles. The molecule has 0 unspecified atom stereocenters. The first-order chi connectivity index (χ1) is 11.2. The molecule has 1 aliphatic rings. The molecular formula is C17H14Br2N2O2. The third-order valence-electron chi connectivity index (χ3n) is 3.55. The number of anilines is 1. The van der Waals surface area contributed by atoms with Gasteiger partial charge in [0.25, 0.3) is 0 Å². The monoisotopic (exact) mass is 436 g/mol. The van der Waals surface area contributed by atoms with Gasteiger partial charge in [-0.15, -0.1) is 0 Å². The minimum Gasteiger partial charge on any atom is -0.440 e. The molecule has 1 aliphatic heterocycles. The number of rotatable bonds is 3. The summed E-state index contributed by atoms with van der Waals surface area (Å²) in [6, 6.07) is 11.8. The molecule has 1 saturated heterocycles. The SMILES string of the molecule is N#C/C(=C/c1cc(Br)c(N2CCOCC2)o1)c1ccc(Br)cc1. The van der Waals surface area contributed by atoms with Crippen molar-refractivity contribution in [1.29, 1.82) is 5.26 Å². The van der Waals surface area contributed by atoms with Crippen LogP contribution in [-0.2, 0) is 4.74 Å². The van der Waals surface area contributed by atoms with Crippen LogP contribution in [0.2, 0.25) is 0 Å². The van der Waals surface area contributed by atoms with Crippen LogP contribution in [0.1, 0.15) is 11.3 Å². The molecule has 1 fully saturated rings. The summed E-state index contributed by atoms with van der Waals surface area (Å²) in [6.45, 7) is 2.99. The molecule has 118 valence electrons. The molecule has 0 atom stereocenters. The minimum atomic E-state index is 0.562. The van der Waals surface area contributed by atoms with E-state index in [2.05, 4.69) is 42.8 Å². The van der Waals surface area contributed by atoms with Gasteiger partial charge in [-0.2, -0.15) is 5.26 Å². The summed E-state index contributed by atoms with van der Waals surface area (Å²) in [4.78, 5) is 2.14. The van der Waals surface area contributed by atoms with E-state index in [0.717, 1.165) is 33.5 Å². The second-order valence-electron chi connectivity index (χ2n) is 5.08. The molecule has 3 rings (SSSR count). The Labute approximate surface area is 151 Å². The summed E-state index contributed by atoms with van der Waals surface area (Å²) in [5.74, 6) is 1.44. The van der Waals surface area contributed by atoms with Crippen LogP contribution in [0, 0.1) is 11.3 Å². The van der Waals surface area contributed by atoms with Crippen LogP contribution in [-0.4, -0.2) is 26.3 Å². The second-order valence-corrected chi connectivity index (χ2v) is 6.85. The Kier molecular flexibility index (Phi) is 5.21. The smallest absolute Gasteiger partial charge is 0.210 e. The van der Waals surface area contributed by atoms with Crippen molar-refractivity contribution < 1.29 is 9.15 Å². The third-order valence-corrected chi connectivity index (χ3v) is 4.65. The number of nitriles is 1. The Hall–Kier alpha value is -1.55. The number of hydrogen-bond acceptors (Lipinski definition) is 4. The summed E-state index contributed by atoms with van der Waals surface area (Å²) in [5.41, 5.74) is 1.42. The van der Waals surface area contributed by atoms with Crippen LogP contribution in [0.25, 0.3) is 11.6 Å². The summed E-state index contributed by atoms with van der Waals surface area (Å²) in [5, 5.41) is 9.42. The molecule has 4 nitrogen and oxygen atoms in total. The predicted molar refractivity (Wildman–Crippen MR) is 97.1 cm³/mol. The fraction of sp³-hybridized carbons (Fsp3) is 0.235. The number of hydrogen-bond donors (Lipinski definition) is 0. The molecule has 0 radical (unpaired) electrons. The third kappa shape index (κ3) is 3.86. The molecule has 0 spiro atoms. The first-order valence-electron chi connectivity index (χ1n) is 7.17. The van der Waals surface area contributed by atoms with Crippen LogP contribution in [0.4, 0.5) is 5.88 Å². The predicted octanol–water partition coefficient (Wildman–Crippen LogP) is 4.71. The lowest BCUT2D eigenvalue weighted by Crippen LogP contribution is -2.36. The average Bonchev–Trinajstić information content (AvgIpc) is 2.95. The van der Waals surface area contributed by atoms with Gasteiger partial charge in [0.1, 0.15) is 5.76 Å². The molecule has 0 N–H and O–H groups in total. The Balaban J connectivity index is 1.88. The van der Waals surface area contributed by atoms with Crippen LogP contribution in [0.3, 0.4) is 0 Å². The van der Waals surface area contributed by atoms with E-state index in [9.17, 15) is 5.26 Å². The van der Waals surface area contributed by atoms with Crippen molar-refractivity contribution in [2.75, 3.05) is 31.2 Å².